The van der Waals surface area contributed by atoms with Crippen molar-refractivity contribution < 1.29 is 19.2 Å². The first-order chi connectivity index (χ1) is 8.85. The summed E-state index contributed by atoms with van der Waals surface area (Å²) in [6.07, 6.45) is 0.711. The van der Waals surface area contributed by atoms with Crippen LogP contribution in [0.5, 0.6) is 0 Å². The Hall–Kier alpha value is -1.43. The lowest BCUT2D eigenvalue weighted by Crippen LogP contribution is -2.26. The van der Waals surface area contributed by atoms with Gasteiger partial charge < -0.3 is 14.4 Å². The predicted molar refractivity (Wildman–Crippen MR) is 68.8 cm³/mol. The molecular formula is C13H22N2O4. The first-order valence-electron chi connectivity index (χ1n) is 6.56. The average Bonchev–Trinajstić information content (AvgIpc) is 2.87. The van der Waals surface area contributed by atoms with Gasteiger partial charge >= 0.3 is 5.97 Å². The molecule has 0 aliphatic heterocycles. The van der Waals surface area contributed by atoms with Crippen LogP contribution in [0.3, 0.4) is 0 Å². The van der Waals surface area contributed by atoms with Crippen molar-refractivity contribution in [1.29, 1.82) is 0 Å². The van der Waals surface area contributed by atoms with Crippen molar-refractivity contribution in [3.05, 3.63) is 11.7 Å². The van der Waals surface area contributed by atoms with E-state index in [2.05, 4.69) is 10.1 Å². The number of hydrogen-bond donors (Lipinski definition) is 1. The molecule has 0 spiro atoms. The normalized spacial score (nSPS) is 17.7. The molecule has 3 unspecified atom stereocenters. The molecule has 1 aromatic heterocycles. The Labute approximate surface area is 113 Å². The van der Waals surface area contributed by atoms with E-state index in [0.29, 0.717) is 24.7 Å². The molecule has 6 heteroatoms. The Balaban J connectivity index is 2.96. The van der Waals surface area contributed by atoms with Gasteiger partial charge in [-0.2, -0.15) is 4.98 Å². The van der Waals surface area contributed by atoms with Crippen LogP contribution in [0.4, 0.5) is 0 Å². The maximum atomic E-state index is 11.0. The van der Waals surface area contributed by atoms with Crippen molar-refractivity contribution in [3.8, 4) is 0 Å². The molecule has 1 aromatic rings. The Morgan fingerprint density at radius 2 is 2.11 bits per heavy atom. The van der Waals surface area contributed by atoms with Crippen molar-refractivity contribution in [2.45, 2.75) is 52.6 Å². The zero-order valence-corrected chi connectivity index (χ0v) is 12.1. The third-order valence-corrected chi connectivity index (χ3v) is 3.58. The van der Waals surface area contributed by atoms with Gasteiger partial charge in [-0.05, 0) is 20.3 Å². The van der Waals surface area contributed by atoms with Crippen LogP contribution >= 0.6 is 0 Å². The van der Waals surface area contributed by atoms with Gasteiger partial charge in [0.25, 0.3) is 0 Å². The van der Waals surface area contributed by atoms with E-state index in [-0.39, 0.29) is 5.92 Å². The molecule has 1 rings (SSSR count). The van der Waals surface area contributed by atoms with Gasteiger partial charge in [0.05, 0.1) is 5.92 Å². The monoisotopic (exact) mass is 270 g/mol. The van der Waals surface area contributed by atoms with Gasteiger partial charge in [0.15, 0.2) is 0 Å². The van der Waals surface area contributed by atoms with Crippen molar-refractivity contribution in [1.82, 2.24) is 10.1 Å². The van der Waals surface area contributed by atoms with Crippen LogP contribution in [-0.4, -0.2) is 27.8 Å². The van der Waals surface area contributed by atoms with Gasteiger partial charge in [0.2, 0.25) is 11.7 Å². The second-order valence-corrected chi connectivity index (χ2v) is 4.89. The highest BCUT2D eigenvalue weighted by Crippen LogP contribution is 2.29. The van der Waals surface area contributed by atoms with Crippen molar-refractivity contribution >= 4 is 5.97 Å². The van der Waals surface area contributed by atoms with Crippen molar-refractivity contribution in [2.24, 2.45) is 5.92 Å². The van der Waals surface area contributed by atoms with Gasteiger partial charge in [0, 0.05) is 12.5 Å². The Morgan fingerprint density at radius 3 is 2.58 bits per heavy atom. The topological polar surface area (TPSA) is 85.5 Å². The average molecular weight is 270 g/mol. The molecule has 0 saturated carbocycles. The van der Waals surface area contributed by atoms with Crippen LogP contribution in [0.1, 0.15) is 58.7 Å². The summed E-state index contributed by atoms with van der Waals surface area (Å²) in [6.45, 7) is 9.73. The summed E-state index contributed by atoms with van der Waals surface area (Å²) in [6, 6.07) is 0. The molecule has 0 aliphatic rings. The van der Waals surface area contributed by atoms with Crippen LogP contribution in [0.25, 0.3) is 0 Å². The quantitative estimate of drug-likeness (QED) is 0.819. The molecule has 0 bridgehead atoms. The first-order valence-corrected chi connectivity index (χ1v) is 6.56. The van der Waals surface area contributed by atoms with Crippen LogP contribution in [0.2, 0.25) is 0 Å². The van der Waals surface area contributed by atoms with Gasteiger partial charge in [0.1, 0.15) is 5.60 Å². The summed E-state index contributed by atoms with van der Waals surface area (Å²) >= 11 is 0. The lowest BCUT2D eigenvalue weighted by Gasteiger charge is -2.23. The molecule has 0 aromatic carbocycles. The zero-order chi connectivity index (χ0) is 14.6. The van der Waals surface area contributed by atoms with Crippen molar-refractivity contribution in [2.75, 3.05) is 6.61 Å². The second kappa shape index (κ2) is 6.14. The number of carbonyl (C=O) groups is 1. The van der Waals surface area contributed by atoms with E-state index in [4.69, 9.17) is 14.4 Å². The molecule has 19 heavy (non-hydrogen) atoms. The van der Waals surface area contributed by atoms with E-state index in [1.165, 1.54) is 0 Å². The summed E-state index contributed by atoms with van der Waals surface area (Å²) in [5, 5.41) is 12.9. The molecule has 108 valence electrons. The van der Waals surface area contributed by atoms with Gasteiger partial charge in [-0.25, -0.2) is 0 Å². The van der Waals surface area contributed by atoms with Gasteiger partial charge in [-0.15, -0.1) is 0 Å². The summed E-state index contributed by atoms with van der Waals surface area (Å²) in [4.78, 5) is 15.3. The number of nitrogens with zero attached hydrogens (tertiary/aromatic N) is 2. The molecule has 1 N–H and O–H groups in total. The number of rotatable bonds is 7. The molecular weight excluding hydrogens is 248 g/mol. The first kappa shape index (κ1) is 15.6. The highest BCUT2D eigenvalue weighted by atomic mass is 16.5. The highest BCUT2D eigenvalue weighted by Gasteiger charge is 2.33. The van der Waals surface area contributed by atoms with Gasteiger partial charge in [-0.1, -0.05) is 25.9 Å². The van der Waals surface area contributed by atoms with E-state index in [1.54, 1.807) is 13.8 Å². The molecule has 1 heterocycles. The predicted octanol–water partition coefficient (Wildman–Crippen LogP) is 2.56. The third-order valence-electron chi connectivity index (χ3n) is 3.58. The number of aromatic nitrogens is 2. The number of carboxylic acid groups (broad SMARTS) is 1. The van der Waals surface area contributed by atoms with Gasteiger partial charge in [-0.3, -0.25) is 4.79 Å². The Bertz CT molecular complexity index is 432. The second-order valence-electron chi connectivity index (χ2n) is 4.89. The maximum Gasteiger partial charge on any atom is 0.307 e. The Kier molecular flexibility index (Phi) is 5.05. The number of ether oxygens (including phenoxy) is 1. The minimum atomic E-state index is -0.879. The fourth-order valence-corrected chi connectivity index (χ4v) is 1.71. The SMILES string of the molecule is CCOC(C)(CC)c1noc(C(C)C(C)C(=O)O)n1. The van der Waals surface area contributed by atoms with E-state index in [0.717, 1.165) is 0 Å². The van der Waals surface area contributed by atoms with Crippen LogP contribution in [0.15, 0.2) is 4.52 Å². The molecule has 6 nitrogen and oxygen atoms in total. The lowest BCUT2D eigenvalue weighted by atomic mass is 9.96. The molecule has 0 aliphatic carbocycles. The fraction of sp³-hybridized carbons (Fsp3) is 0.769. The van der Waals surface area contributed by atoms with E-state index in [9.17, 15) is 4.79 Å². The highest BCUT2D eigenvalue weighted by molar-refractivity contribution is 5.70. The molecule has 0 saturated heterocycles. The standard InChI is InChI=1S/C13H22N2O4/c1-6-13(5,18-7-2)12-14-10(19-15-12)8(3)9(4)11(16)17/h8-9H,6-7H2,1-5H3,(H,16,17). The van der Waals surface area contributed by atoms with E-state index >= 15 is 0 Å². The molecule has 0 fully saturated rings. The summed E-state index contributed by atoms with van der Waals surface area (Å²) in [5.41, 5.74) is -0.595. The Morgan fingerprint density at radius 1 is 1.47 bits per heavy atom. The zero-order valence-electron chi connectivity index (χ0n) is 12.1. The van der Waals surface area contributed by atoms with E-state index < -0.39 is 17.5 Å². The largest absolute Gasteiger partial charge is 0.481 e. The van der Waals surface area contributed by atoms with Crippen LogP contribution < -0.4 is 0 Å². The van der Waals surface area contributed by atoms with Crippen LogP contribution in [-0.2, 0) is 15.1 Å². The van der Waals surface area contributed by atoms with Crippen molar-refractivity contribution in [3.63, 3.8) is 0 Å². The number of aliphatic carboxylic acids is 1. The number of hydrogen-bond acceptors (Lipinski definition) is 5. The minimum Gasteiger partial charge on any atom is -0.481 e. The van der Waals surface area contributed by atoms with Crippen LogP contribution in [0, 0.1) is 5.92 Å². The smallest absolute Gasteiger partial charge is 0.307 e. The molecule has 3 atom stereocenters. The summed E-state index contributed by atoms with van der Waals surface area (Å²) in [7, 11) is 0. The lowest BCUT2D eigenvalue weighted by molar-refractivity contribution is -0.141. The minimum absolute atomic E-state index is 0.332. The molecule has 0 amide bonds. The third kappa shape index (κ3) is 3.32. The molecule has 0 radical (unpaired) electrons. The summed E-state index contributed by atoms with van der Waals surface area (Å²) in [5.74, 6) is -0.981. The summed E-state index contributed by atoms with van der Waals surface area (Å²) < 4.78 is 10.9. The maximum absolute atomic E-state index is 11.0. The number of carboxylic acids is 1. The van der Waals surface area contributed by atoms with E-state index in [1.807, 2.05) is 20.8 Å². The fourth-order valence-electron chi connectivity index (χ4n) is 1.71.